The molecule has 1 aliphatic rings. The molecule has 0 saturated carbocycles. The lowest BCUT2D eigenvalue weighted by atomic mass is 10.2. The van der Waals surface area contributed by atoms with Gasteiger partial charge < -0.3 is 10.2 Å². The van der Waals surface area contributed by atoms with E-state index in [1.807, 2.05) is 13.8 Å². The summed E-state index contributed by atoms with van der Waals surface area (Å²) in [4.78, 5) is 45.0. The third-order valence-electron chi connectivity index (χ3n) is 3.58. The number of carbonyl (C=O) groups is 3. The van der Waals surface area contributed by atoms with Crippen molar-refractivity contribution < 1.29 is 19.2 Å². The number of rotatable bonds is 5. The third-order valence-corrected chi connectivity index (χ3v) is 3.58. The number of aliphatic imine (C=N–C) groups is 1. The monoisotopic (exact) mass is 344 g/mol. The number of amides is 2. The normalized spacial score (nSPS) is 17.4. The number of nitrogens with one attached hydrogen (secondary N) is 2. The Labute approximate surface area is 145 Å². The molecule has 132 valence electrons. The summed E-state index contributed by atoms with van der Waals surface area (Å²) in [7, 11) is 1.54. The van der Waals surface area contributed by atoms with Crippen molar-refractivity contribution in [3.63, 3.8) is 0 Å². The first-order chi connectivity index (χ1) is 11.9. The number of hydrogen-bond acceptors (Lipinski definition) is 6. The first-order valence-electron chi connectivity index (χ1n) is 7.83. The van der Waals surface area contributed by atoms with Gasteiger partial charge >= 0.3 is 5.97 Å². The summed E-state index contributed by atoms with van der Waals surface area (Å²) in [5.74, 6) is -1.79. The van der Waals surface area contributed by atoms with Crippen LogP contribution < -0.4 is 10.9 Å². The van der Waals surface area contributed by atoms with Gasteiger partial charge in [0.2, 0.25) is 0 Å². The summed E-state index contributed by atoms with van der Waals surface area (Å²) in [6.07, 6.45) is 1.94. The third kappa shape index (κ3) is 4.74. The van der Waals surface area contributed by atoms with Gasteiger partial charge in [-0.1, -0.05) is 30.7 Å². The van der Waals surface area contributed by atoms with E-state index in [0.717, 1.165) is 0 Å². The minimum Gasteiger partial charge on any atom is -0.348 e. The molecular weight excluding hydrogens is 324 g/mol. The summed E-state index contributed by atoms with van der Waals surface area (Å²) in [6.45, 7) is 3.75. The van der Waals surface area contributed by atoms with E-state index in [2.05, 4.69) is 20.7 Å². The van der Waals surface area contributed by atoms with Gasteiger partial charge in [0.25, 0.3) is 11.8 Å². The van der Waals surface area contributed by atoms with Gasteiger partial charge in [0, 0.05) is 24.7 Å². The van der Waals surface area contributed by atoms with E-state index >= 15 is 0 Å². The first kappa shape index (κ1) is 18.3. The minimum atomic E-state index is -0.668. The van der Waals surface area contributed by atoms with Crippen molar-refractivity contribution in [3.05, 3.63) is 47.7 Å². The highest BCUT2D eigenvalue weighted by molar-refractivity contribution is 6.45. The maximum absolute atomic E-state index is 12.5. The van der Waals surface area contributed by atoms with Crippen molar-refractivity contribution in [1.82, 2.24) is 15.9 Å². The maximum atomic E-state index is 12.5. The molecule has 1 heterocycles. The van der Waals surface area contributed by atoms with Gasteiger partial charge in [0.15, 0.2) is 0 Å². The second kappa shape index (κ2) is 8.20. The van der Waals surface area contributed by atoms with Crippen molar-refractivity contribution in [1.29, 1.82) is 0 Å². The zero-order chi connectivity index (χ0) is 18.4. The molecule has 0 aromatic heterocycles. The van der Waals surface area contributed by atoms with E-state index in [9.17, 15) is 14.4 Å². The molecule has 2 N–H and O–H groups in total. The zero-order valence-electron chi connectivity index (χ0n) is 14.3. The molecule has 1 aliphatic heterocycles. The zero-order valence-corrected chi connectivity index (χ0v) is 14.3. The molecule has 1 aromatic carbocycles. The standard InChI is InChI=1S/C17H20N4O4/c1-4-11(2)18-16(23)13(10-14-17(24)25-20-21(14)3)19-15(22)12-8-6-5-7-9-12/h5-11,20H,4H2,1-3H3,(H,18,23)/b14-10-,19-13?. The molecule has 0 radical (unpaired) electrons. The second-order valence-electron chi connectivity index (χ2n) is 5.52. The van der Waals surface area contributed by atoms with Crippen molar-refractivity contribution >= 4 is 23.5 Å². The van der Waals surface area contributed by atoms with Gasteiger partial charge in [-0.25, -0.2) is 9.79 Å². The summed E-state index contributed by atoms with van der Waals surface area (Å²) in [5, 5.41) is 4.03. The SMILES string of the molecule is CCC(C)NC(=O)C(/C=C1/C(=O)ONN1C)=NC(=O)c1ccccc1. The summed E-state index contributed by atoms with van der Waals surface area (Å²) in [5.41, 5.74) is 2.59. The number of likely N-dealkylation sites (N-methyl/N-ethyl adjacent to an activating group) is 1. The minimum absolute atomic E-state index is 0.0684. The first-order valence-corrected chi connectivity index (χ1v) is 7.83. The van der Waals surface area contributed by atoms with Gasteiger partial charge in [-0.2, -0.15) is 0 Å². The molecule has 1 atom stereocenters. The van der Waals surface area contributed by atoms with Crippen LogP contribution in [0.2, 0.25) is 0 Å². The summed E-state index contributed by atoms with van der Waals surface area (Å²) < 4.78 is 0. The van der Waals surface area contributed by atoms with Gasteiger partial charge in [0.1, 0.15) is 11.4 Å². The molecule has 1 unspecified atom stereocenters. The van der Waals surface area contributed by atoms with E-state index in [0.29, 0.717) is 12.0 Å². The van der Waals surface area contributed by atoms with E-state index in [1.165, 1.54) is 11.1 Å². The summed E-state index contributed by atoms with van der Waals surface area (Å²) >= 11 is 0. The maximum Gasteiger partial charge on any atom is 0.376 e. The van der Waals surface area contributed by atoms with Crippen LogP contribution in [0.5, 0.6) is 0 Å². The highest BCUT2D eigenvalue weighted by atomic mass is 16.7. The Hall–Kier alpha value is -3.00. The molecule has 8 nitrogen and oxygen atoms in total. The number of nitrogens with zero attached hydrogens (tertiary/aromatic N) is 2. The van der Waals surface area contributed by atoms with Gasteiger partial charge in [-0.15, -0.1) is 0 Å². The Morgan fingerprint density at radius 2 is 2.04 bits per heavy atom. The van der Waals surface area contributed by atoms with Crippen LogP contribution in [-0.2, 0) is 14.4 Å². The second-order valence-corrected chi connectivity index (χ2v) is 5.52. The van der Waals surface area contributed by atoms with Crippen molar-refractivity contribution in [2.24, 2.45) is 4.99 Å². The van der Waals surface area contributed by atoms with E-state index in [-0.39, 0.29) is 17.5 Å². The van der Waals surface area contributed by atoms with Crippen molar-refractivity contribution in [3.8, 4) is 0 Å². The average molecular weight is 344 g/mol. The van der Waals surface area contributed by atoms with E-state index in [1.54, 1.807) is 37.4 Å². The lowest BCUT2D eigenvalue weighted by Crippen LogP contribution is -2.37. The van der Waals surface area contributed by atoms with Crippen LogP contribution in [-0.4, -0.2) is 41.6 Å². The summed E-state index contributed by atoms with van der Waals surface area (Å²) in [6, 6.07) is 8.27. The number of benzene rings is 1. The van der Waals surface area contributed by atoms with Gasteiger partial charge in [0.05, 0.1) is 0 Å². The van der Waals surface area contributed by atoms with E-state index < -0.39 is 17.8 Å². The van der Waals surface area contributed by atoms with E-state index in [4.69, 9.17) is 0 Å². The number of hydrogen-bond donors (Lipinski definition) is 2. The quantitative estimate of drug-likeness (QED) is 0.610. The van der Waals surface area contributed by atoms with Gasteiger partial charge in [-0.05, 0) is 25.5 Å². The van der Waals surface area contributed by atoms with Crippen LogP contribution in [0.3, 0.4) is 0 Å². The highest BCUT2D eigenvalue weighted by Crippen LogP contribution is 2.10. The fourth-order valence-corrected chi connectivity index (χ4v) is 1.94. The molecule has 0 aliphatic carbocycles. The number of carbonyl (C=O) groups excluding carboxylic acids is 3. The fraction of sp³-hybridized carbons (Fsp3) is 0.294. The van der Waals surface area contributed by atoms with Crippen molar-refractivity contribution in [2.45, 2.75) is 26.3 Å². The number of hydrazine groups is 1. The molecule has 0 spiro atoms. The van der Waals surface area contributed by atoms with Gasteiger partial charge in [-0.3, -0.25) is 14.6 Å². The topological polar surface area (TPSA) is 100 Å². The van der Waals surface area contributed by atoms with Crippen LogP contribution in [0.15, 0.2) is 47.1 Å². The van der Waals surface area contributed by atoms with Crippen LogP contribution in [0.1, 0.15) is 30.6 Å². The molecule has 1 aromatic rings. The molecule has 1 fully saturated rings. The van der Waals surface area contributed by atoms with Crippen LogP contribution in [0.4, 0.5) is 0 Å². The molecule has 0 bridgehead atoms. The predicted octanol–water partition coefficient (Wildman–Crippen LogP) is 0.975. The van der Waals surface area contributed by atoms with Crippen LogP contribution in [0.25, 0.3) is 0 Å². The Bertz CT molecular complexity index is 727. The molecular formula is C17H20N4O4. The Morgan fingerprint density at radius 1 is 1.36 bits per heavy atom. The predicted molar refractivity (Wildman–Crippen MR) is 91.2 cm³/mol. The largest absolute Gasteiger partial charge is 0.376 e. The van der Waals surface area contributed by atoms with Crippen molar-refractivity contribution in [2.75, 3.05) is 7.05 Å². The van der Waals surface area contributed by atoms with Crippen LogP contribution in [0, 0.1) is 0 Å². The molecule has 25 heavy (non-hydrogen) atoms. The Morgan fingerprint density at radius 3 is 2.60 bits per heavy atom. The Balaban J connectivity index is 2.36. The lowest BCUT2D eigenvalue weighted by molar-refractivity contribution is -0.142. The smallest absolute Gasteiger partial charge is 0.348 e. The lowest BCUT2D eigenvalue weighted by Gasteiger charge is -2.12. The molecule has 1 saturated heterocycles. The highest BCUT2D eigenvalue weighted by Gasteiger charge is 2.27. The Kier molecular flexibility index (Phi) is 6.02. The van der Waals surface area contributed by atoms with Crippen LogP contribution >= 0.6 is 0 Å². The molecule has 2 rings (SSSR count). The molecule has 8 heteroatoms. The molecule has 2 amide bonds. The fourth-order valence-electron chi connectivity index (χ4n) is 1.94. The average Bonchev–Trinajstić information content (AvgIpc) is 2.93.